The van der Waals surface area contributed by atoms with Crippen molar-refractivity contribution in [1.82, 2.24) is 24.6 Å². The van der Waals surface area contributed by atoms with E-state index in [1.807, 2.05) is 47.1 Å². The van der Waals surface area contributed by atoms with Crippen LogP contribution in [0.3, 0.4) is 0 Å². The molecule has 0 aliphatic rings. The van der Waals surface area contributed by atoms with Crippen LogP contribution >= 0.6 is 0 Å². The summed E-state index contributed by atoms with van der Waals surface area (Å²) in [4.78, 5) is 29.7. The molecule has 3 aromatic heterocycles. The number of carbonyl (C=O) groups excluding carboxylic acids is 1. The van der Waals surface area contributed by atoms with Crippen LogP contribution in [0.25, 0.3) is 11.0 Å². The Balaban J connectivity index is 1.75. The SMILES string of the molecule is CC(C)Cn1nc([C@@H](Cc2ccccc2)NC(=O)c2ccn(C)c(=O)c2)c2cccnc21. The monoisotopic (exact) mass is 429 g/mol. The number of pyridine rings is 2. The van der Waals surface area contributed by atoms with E-state index in [0.29, 0.717) is 17.9 Å². The molecule has 4 rings (SSSR count). The molecule has 1 amide bonds. The van der Waals surface area contributed by atoms with E-state index in [1.54, 1.807) is 25.5 Å². The van der Waals surface area contributed by atoms with Crippen LogP contribution in [0.1, 0.15) is 41.5 Å². The average molecular weight is 430 g/mol. The van der Waals surface area contributed by atoms with Gasteiger partial charge in [0.2, 0.25) is 0 Å². The lowest BCUT2D eigenvalue weighted by Gasteiger charge is -2.18. The van der Waals surface area contributed by atoms with Crippen molar-refractivity contribution in [2.45, 2.75) is 32.9 Å². The quantitative estimate of drug-likeness (QED) is 0.488. The number of carbonyl (C=O) groups is 1. The molecule has 0 bridgehead atoms. The molecular weight excluding hydrogens is 402 g/mol. The van der Waals surface area contributed by atoms with Crippen LogP contribution in [0, 0.1) is 5.92 Å². The number of aryl methyl sites for hydroxylation is 1. The highest BCUT2D eigenvalue weighted by molar-refractivity contribution is 5.94. The number of nitrogens with one attached hydrogen (secondary N) is 1. The normalized spacial score (nSPS) is 12.2. The van der Waals surface area contributed by atoms with Gasteiger partial charge in [0.05, 0.1) is 11.7 Å². The van der Waals surface area contributed by atoms with Crippen LogP contribution in [0.4, 0.5) is 0 Å². The van der Waals surface area contributed by atoms with Crippen molar-refractivity contribution >= 4 is 16.9 Å². The van der Waals surface area contributed by atoms with Gasteiger partial charge in [-0.25, -0.2) is 9.67 Å². The fourth-order valence-electron chi connectivity index (χ4n) is 3.76. The first-order valence-electron chi connectivity index (χ1n) is 10.7. The minimum atomic E-state index is -0.380. The Morgan fingerprint density at radius 1 is 1.09 bits per heavy atom. The van der Waals surface area contributed by atoms with Gasteiger partial charge >= 0.3 is 0 Å². The molecule has 32 heavy (non-hydrogen) atoms. The van der Waals surface area contributed by atoms with Crippen molar-refractivity contribution in [3.8, 4) is 0 Å². The van der Waals surface area contributed by atoms with E-state index in [4.69, 9.17) is 5.10 Å². The van der Waals surface area contributed by atoms with Crippen molar-refractivity contribution in [2.24, 2.45) is 13.0 Å². The molecule has 0 aliphatic carbocycles. The zero-order valence-electron chi connectivity index (χ0n) is 18.5. The maximum Gasteiger partial charge on any atom is 0.252 e. The van der Waals surface area contributed by atoms with Gasteiger partial charge in [-0.15, -0.1) is 0 Å². The van der Waals surface area contributed by atoms with Gasteiger partial charge in [0, 0.05) is 43.0 Å². The minimum absolute atomic E-state index is 0.229. The third kappa shape index (κ3) is 4.61. The molecule has 7 heteroatoms. The standard InChI is InChI=1S/C25H27N5O2/c1-17(2)16-30-24-20(10-7-12-26-24)23(28-30)21(14-18-8-5-4-6-9-18)27-25(32)19-11-13-29(3)22(31)15-19/h4-13,15,17,21H,14,16H2,1-3H3,(H,27,32)/t21-/m1/s1. The summed E-state index contributed by atoms with van der Waals surface area (Å²) in [6.45, 7) is 5.00. The highest BCUT2D eigenvalue weighted by Gasteiger charge is 2.24. The van der Waals surface area contributed by atoms with Gasteiger partial charge in [0.1, 0.15) is 0 Å². The second kappa shape index (κ2) is 9.18. The van der Waals surface area contributed by atoms with Gasteiger partial charge < -0.3 is 9.88 Å². The molecule has 1 atom stereocenters. The molecular formula is C25H27N5O2. The van der Waals surface area contributed by atoms with E-state index in [-0.39, 0.29) is 17.5 Å². The molecule has 0 spiro atoms. The highest BCUT2D eigenvalue weighted by atomic mass is 16.2. The number of hydrogen-bond acceptors (Lipinski definition) is 4. The highest BCUT2D eigenvalue weighted by Crippen LogP contribution is 2.26. The molecule has 1 aromatic carbocycles. The second-order valence-corrected chi connectivity index (χ2v) is 8.42. The van der Waals surface area contributed by atoms with Crippen LogP contribution in [0.5, 0.6) is 0 Å². The molecule has 0 unspecified atom stereocenters. The number of amides is 1. The zero-order valence-corrected chi connectivity index (χ0v) is 18.5. The van der Waals surface area contributed by atoms with E-state index in [2.05, 4.69) is 24.1 Å². The summed E-state index contributed by atoms with van der Waals surface area (Å²) in [6.07, 6.45) is 3.93. The predicted molar refractivity (Wildman–Crippen MR) is 124 cm³/mol. The van der Waals surface area contributed by atoms with Crippen molar-refractivity contribution in [3.05, 3.63) is 94.2 Å². The molecule has 0 saturated carbocycles. The summed E-state index contributed by atoms with van der Waals surface area (Å²) >= 11 is 0. The molecule has 0 radical (unpaired) electrons. The van der Waals surface area contributed by atoms with Gasteiger partial charge in [-0.05, 0) is 36.1 Å². The van der Waals surface area contributed by atoms with Gasteiger partial charge in [0.15, 0.2) is 5.65 Å². The third-order valence-electron chi connectivity index (χ3n) is 5.36. The average Bonchev–Trinajstić information content (AvgIpc) is 3.14. The van der Waals surface area contributed by atoms with E-state index >= 15 is 0 Å². The number of hydrogen-bond donors (Lipinski definition) is 1. The van der Waals surface area contributed by atoms with Gasteiger partial charge in [-0.1, -0.05) is 44.2 Å². The Morgan fingerprint density at radius 3 is 2.59 bits per heavy atom. The number of rotatable bonds is 7. The fourth-order valence-corrected chi connectivity index (χ4v) is 3.76. The Labute approximate surface area is 186 Å². The van der Waals surface area contributed by atoms with Crippen LogP contribution < -0.4 is 10.9 Å². The lowest BCUT2D eigenvalue weighted by Crippen LogP contribution is -2.31. The Hall–Kier alpha value is -3.74. The molecule has 0 saturated heterocycles. The maximum absolute atomic E-state index is 13.1. The number of fused-ring (bicyclic) bond motifs is 1. The second-order valence-electron chi connectivity index (χ2n) is 8.42. The summed E-state index contributed by atoms with van der Waals surface area (Å²) in [7, 11) is 1.66. The fraction of sp³-hybridized carbons (Fsp3) is 0.280. The summed E-state index contributed by atoms with van der Waals surface area (Å²) in [6, 6.07) is 16.5. The van der Waals surface area contributed by atoms with Crippen LogP contribution in [-0.2, 0) is 20.0 Å². The maximum atomic E-state index is 13.1. The smallest absolute Gasteiger partial charge is 0.252 e. The largest absolute Gasteiger partial charge is 0.343 e. The predicted octanol–water partition coefficient (Wildman–Crippen LogP) is 3.50. The molecule has 0 aliphatic heterocycles. The van der Waals surface area contributed by atoms with Crippen LogP contribution in [0.15, 0.2) is 71.8 Å². The van der Waals surface area contributed by atoms with Gasteiger partial charge in [0.25, 0.3) is 11.5 Å². The first-order chi connectivity index (χ1) is 15.4. The van der Waals surface area contributed by atoms with Crippen molar-refractivity contribution < 1.29 is 4.79 Å². The first kappa shape index (κ1) is 21.5. The van der Waals surface area contributed by atoms with Crippen molar-refractivity contribution in [3.63, 3.8) is 0 Å². The Morgan fingerprint density at radius 2 is 1.88 bits per heavy atom. The molecule has 4 aromatic rings. The van der Waals surface area contributed by atoms with E-state index in [0.717, 1.165) is 28.8 Å². The van der Waals surface area contributed by atoms with Gasteiger partial charge in [-0.2, -0.15) is 5.10 Å². The molecule has 7 nitrogen and oxygen atoms in total. The molecule has 0 fully saturated rings. The number of aromatic nitrogens is 4. The van der Waals surface area contributed by atoms with Crippen LogP contribution in [0.2, 0.25) is 0 Å². The summed E-state index contributed by atoms with van der Waals surface area (Å²) in [5.41, 5.74) is 2.76. The lowest BCUT2D eigenvalue weighted by atomic mass is 10.0. The molecule has 3 heterocycles. The summed E-state index contributed by atoms with van der Waals surface area (Å²) < 4.78 is 3.35. The number of benzene rings is 1. The third-order valence-corrected chi connectivity index (χ3v) is 5.36. The molecule has 164 valence electrons. The van der Waals surface area contributed by atoms with E-state index in [9.17, 15) is 9.59 Å². The zero-order chi connectivity index (χ0) is 22.7. The summed E-state index contributed by atoms with van der Waals surface area (Å²) in [5.74, 6) is 0.0923. The topological polar surface area (TPSA) is 81.8 Å². The van der Waals surface area contributed by atoms with Gasteiger partial charge in [-0.3, -0.25) is 9.59 Å². The van der Waals surface area contributed by atoms with E-state index in [1.165, 1.54) is 10.6 Å². The minimum Gasteiger partial charge on any atom is -0.343 e. The summed E-state index contributed by atoms with van der Waals surface area (Å²) in [5, 5.41) is 8.91. The number of nitrogens with zero attached hydrogens (tertiary/aromatic N) is 4. The van der Waals surface area contributed by atoms with Crippen LogP contribution in [-0.4, -0.2) is 25.2 Å². The first-order valence-corrected chi connectivity index (χ1v) is 10.7. The van der Waals surface area contributed by atoms with E-state index < -0.39 is 0 Å². The Bertz CT molecular complexity index is 1290. The van der Waals surface area contributed by atoms with Crippen molar-refractivity contribution in [1.29, 1.82) is 0 Å². The lowest BCUT2D eigenvalue weighted by molar-refractivity contribution is 0.0935. The van der Waals surface area contributed by atoms with Crippen molar-refractivity contribution in [2.75, 3.05) is 0 Å². The Kier molecular flexibility index (Phi) is 6.16. The molecule has 1 N–H and O–H groups in total.